The first-order chi connectivity index (χ1) is 13.5. The van der Waals surface area contributed by atoms with Crippen LogP contribution in [0.3, 0.4) is 0 Å². The molecule has 2 aliphatic rings. The Kier molecular flexibility index (Phi) is 3.79. The molecule has 1 fully saturated rings. The molecule has 1 N–H and O–H groups in total. The summed E-state index contributed by atoms with van der Waals surface area (Å²) in [7, 11) is 0. The molecular weight excluding hydrogens is 350 g/mol. The van der Waals surface area contributed by atoms with Gasteiger partial charge >= 0.3 is 0 Å². The Morgan fingerprint density at radius 1 is 1.25 bits per heavy atom. The number of carbonyl (C=O) groups excluding carboxylic acids is 1. The number of rotatable bonds is 5. The number of nitrogens with one attached hydrogen (secondary N) is 1. The van der Waals surface area contributed by atoms with Crippen molar-refractivity contribution in [2.45, 2.75) is 51.0 Å². The summed E-state index contributed by atoms with van der Waals surface area (Å²) in [5, 5.41) is 3.21. The highest BCUT2D eigenvalue weighted by molar-refractivity contribution is 5.92. The summed E-state index contributed by atoms with van der Waals surface area (Å²) in [5.74, 6) is 0.394. The van der Waals surface area contributed by atoms with Crippen LogP contribution in [0.25, 0.3) is 11.0 Å². The van der Waals surface area contributed by atoms with Gasteiger partial charge in [0.2, 0.25) is 5.91 Å². The summed E-state index contributed by atoms with van der Waals surface area (Å²) in [4.78, 5) is 27.5. The highest BCUT2D eigenvalue weighted by Crippen LogP contribution is 2.67. The standard InChI is InChI=1S/C22H25N5O/c1-21(2)15-8-9-22(21,20(28)24-10-5-12-27-13-11-23-14-27)19-18(15)25-16-6-3-4-7-17(16)26-19/h3-4,6-7,11,13-15H,5,8-10,12H2,1-2H3,(H,24,28). The van der Waals surface area contributed by atoms with Crippen molar-refractivity contribution in [3.63, 3.8) is 0 Å². The van der Waals surface area contributed by atoms with Crippen LogP contribution >= 0.6 is 0 Å². The number of hydrogen-bond acceptors (Lipinski definition) is 4. The van der Waals surface area contributed by atoms with Gasteiger partial charge in [0.25, 0.3) is 0 Å². The van der Waals surface area contributed by atoms with E-state index in [1.807, 2.05) is 35.0 Å². The number of para-hydroxylation sites is 2. The molecule has 2 heterocycles. The predicted octanol–water partition coefficient (Wildman–Crippen LogP) is 3.19. The Hall–Kier alpha value is -2.76. The molecule has 2 unspecified atom stereocenters. The van der Waals surface area contributed by atoms with Gasteiger partial charge in [0.15, 0.2) is 0 Å². The topological polar surface area (TPSA) is 72.7 Å². The van der Waals surface area contributed by atoms with Crippen LogP contribution in [0.2, 0.25) is 0 Å². The molecule has 0 spiro atoms. The van der Waals surface area contributed by atoms with Crippen LogP contribution in [-0.2, 0) is 16.8 Å². The highest BCUT2D eigenvalue weighted by Gasteiger charge is 2.67. The lowest BCUT2D eigenvalue weighted by molar-refractivity contribution is -0.130. The minimum absolute atomic E-state index is 0.106. The van der Waals surface area contributed by atoms with E-state index in [-0.39, 0.29) is 17.2 Å². The predicted molar refractivity (Wildman–Crippen MR) is 107 cm³/mol. The van der Waals surface area contributed by atoms with Crippen LogP contribution in [0.1, 0.15) is 50.4 Å². The second-order valence-electron chi connectivity index (χ2n) is 8.57. The minimum atomic E-state index is -0.584. The maximum Gasteiger partial charge on any atom is 0.232 e. The van der Waals surface area contributed by atoms with E-state index in [1.165, 1.54) is 0 Å². The molecular formula is C22H25N5O. The third-order valence-corrected chi connectivity index (χ3v) is 6.94. The summed E-state index contributed by atoms with van der Waals surface area (Å²) in [6, 6.07) is 7.96. The van der Waals surface area contributed by atoms with Crippen molar-refractivity contribution in [2.75, 3.05) is 6.54 Å². The smallest absolute Gasteiger partial charge is 0.232 e. The molecule has 144 valence electrons. The number of nitrogens with zero attached hydrogens (tertiary/aromatic N) is 4. The molecule has 6 heteroatoms. The van der Waals surface area contributed by atoms with Crippen molar-refractivity contribution in [1.29, 1.82) is 0 Å². The maximum atomic E-state index is 13.5. The van der Waals surface area contributed by atoms with Crippen LogP contribution in [0, 0.1) is 5.41 Å². The number of hydrogen-bond donors (Lipinski definition) is 1. The molecule has 2 bridgehead atoms. The first-order valence-electron chi connectivity index (χ1n) is 10.1. The quantitative estimate of drug-likeness (QED) is 0.695. The van der Waals surface area contributed by atoms with Gasteiger partial charge in [0.1, 0.15) is 0 Å². The maximum absolute atomic E-state index is 13.5. The molecule has 1 saturated carbocycles. The monoisotopic (exact) mass is 375 g/mol. The molecule has 2 aromatic heterocycles. The Morgan fingerprint density at radius 2 is 2.04 bits per heavy atom. The molecule has 0 radical (unpaired) electrons. The van der Waals surface area contributed by atoms with Crippen LogP contribution < -0.4 is 5.32 Å². The molecule has 2 aliphatic carbocycles. The van der Waals surface area contributed by atoms with Gasteiger partial charge in [0, 0.05) is 31.4 Å². The number of carbonyl (C=O) groups is 1. The SMILES string of the molecule is CC1(C)C2CCC1(C(=O)NCCCn1ccnc1)c1nc3ccccc3nc12. The largest absolute Gasteiger partial charge is 0.355 e. The fourth-order valence-corrected chi connectivity index (χ4v) is 5.36. The fraction of sp³-hybridized carbons (Fsp3) is 0.455. The van der Waals surface area contributed by atoms with Crippen molar-refractivity contribution >= 4 is 16.9 Å². The van der Waals surface area contributed by atoms with Gasteiger partial charge in [0.05, 0.1) is 34.2 Å². The zero-order valence-electron chi connectivity index (χ0n) is 16.4. The Bertz CT molecular complexity index is 1040. The van der Waals surface area contributed by atoms with Crippen LogP contribution in [0.5, 0.6) is 0 Å². The van der Waals surface area contributed by atoms with E-state index >= 15 is 0 Å². The second kappa shape index (κ2) is 6.12. The van der Waals surface area contributed by atoms with E-state index in [9.17, 15) is 4.79 Å². The first-order valence-corrected chi connectivity index (χ1v) is 10.1. The summed E-state index contributed by atoms with van der Waals surface area (Å²) < 4.78 is 2.03. The third kappa shape index (κ3) is 2.26. The third-order valence-electron chi connectivity index (χ3n) is 6.94. The van der Waals surface area contributed by atoms with Gasteiger partial charge in [-0.3, -0.25) is 4.79 Å². The number of benzene rings is 1. The van der Waals surface area contributed by atoms with E-state index in [0.29, 0.717) is 6.54 Å². The number of amides is 1. The van der Waals surface area contributed by atoms with Crippen molar-refractivity contribution < 1.29 is 4.79 Å². The normalized spacial score (nSPS) is 24.4. The number of aromatic nitrogens is 4. The molecule has 5 rings (SSSR count). The molecule has 2 atom stereocenters. The Morgan fingerprint density at radius 3 is 2.79 bits per heavy atom. The molecule has 1 amide bonds. The molecule has 3 aromatic rings. The van der Waals surface area contributed by atoms with Crippen LogP contribution in [0.4, 0.5) is 0 Å². The number of aryl methyl sites for hydroxylation is 1. The average Bonchev–Trinajstić information content (AvgIpc) is 3.35. The molecule has 1 aromatic carbocycles. The first kappa shape index (κ1) is 17.3. The van der Waals surface area contributed by atoms with Gasteiger partial charge in [-0.15, -0.1) is 0 Å². The fourth-order valence-electron chi connectivity index (χ4n) is 5.36. The average molecular weight is 375 g/mol. The Labute approximate surface area is 164 Å². The second-order valence-corrected chi connectivity index (χ2v) is 8.57. The van der Waals surface area contributed by atoms with Gasteiger partial charge in [-0.1, -0.05) is 26.0 Å². The van der Waals surface area contributed by atoms with Crippen molar-refractivity contribution in [1.82, 2.24) is 24.8 Å². The molecule has 0 saturated heterocycles. The molecule has 28 heavy (non-hydrogen) atoms. The highest BCUT2D eigenvalue weighted by atomic mass is 16.2. The van der Waals surface area contributed by atoms with E-state index in [4.69, 9.17) is 9.97 Å². The summed E-state index contributed by atoms with van der Waals surface area (Å²) in [5.41, 5.74) is 2.96. The van der Waals surface area contributed by atoms with Crippen molar-refractivity contribution in [3.05, 3.63) is 54.4 Å². The van der Waals surface area contributed by atoms with Gasteiger partial charge in [-0.2, -0.15) is 0 Å². The summed E-state index contributed by atoms with van der Waals surface area (Å²) in [6.45, 7) is 5.92. The van der Waals surface area contributed by atoms with Crippen LogP contribution in [0.15, 0.2) is 43.0 Å². The number of fused-ring (bicyclic) bond motifs is 6. The van der Waals surface area contributed by atoms with E-state index in [0.717, 1.165) is 48.2 Å². The zero-order valence-corrected chi connectivity index (χ0v) is 16.4. The summed E-state index contributed by atoms with van der Waals surface area (Å²) >= 11 is 0. The van der Waals surface area contributed by atoms with Gasteiger partial charge in [-0.25, -0.2) is 15.0 Å². The van der Waals surface area contributed by atoms with Crippen molar-refractivity contribution in [2.24, 2.45) is 5.41 Å². The lowest BCUT2D eigenvalue weighted by Gasteiger charge is -2.36. The van der Waals surface area contributed by atoms with E-state index < -0.39 is 5.41 Å². The van der Waals surface area contributed by atoms with E-state index in [1.54, 1.807) is 12.5 Å². The summed E-state index contributed by atoms with van der Waals surface area (Å²) in [6.07, 6.45) is 8.24. The molecule has 0 aliphatic heterocycles. The Balaban J connectivity index is 1.44. The number of imidazole rings is 1. The lowest BCUT2D eigenvalue weighted by atomic mass is 9.67. The zero-order chi connectivity index (χ0) is 19.4. The molecule has 6 nitrogen and oxygen atoms in total. The van der Waals surface area contributed by atoms with Crippen molar-refractivity contribution in [3.8, 4) is 0 Å². The van der Waals surface area contributed by atoms with Gasteiger partial charge in [-0.05, 0) is 36.8 Å². The van der Waals surface area contributed by atoms with Crippen LogP contribution in [-0.4, -0.2) is 32.0 Å². The lowest BCUT2D eigenvalue weighted by Crippen LogP contribution is -2.50. The van der Waals surface area contributed by atoms with Gasteiger partial charge < -0.3 is 9.88 Å². The van der Waals surface area contributed by atoms with E-state index in [2.05, 4.69) is 24.1 Å². The minimum Gasteiger partial charge on any atom is -0.355 e.